The molecule has 3 N–H and O–H groups in total. The molecule has 3 amide bonds. The molecule has 1 aromatic rings. The molecule has 0 aliphatic heterocycles. The molecule has 5 nitrogen and oxygen atoms in total. The number of primary amides is 1. The maximum atomic E-state index is 11.8. The summed E-state index contributed by atoms with van der Waals surface area (Å²) in [4.78, 5) is 25.1. The highest BCUT2D eigenvalue weighted by atomic mass is 79.9. The standard InChI is InChI=1S/C10H14BrN3O2S/c1-6(13-10(12)16)9(15)14(2)5-7-3-4-8(11)17-7/h3-4,6H,5H2,1-2H3,(H3,12,13,16). The zero-order chi connectivity index (χ0) is 13.0. The summed E-state index contributed by atoms with van der Waals surface area (Å²) in [5.41, 5.74) is 4.96. The molecule has 1 atom stereocenters. The number of likely N-dealkylation sites (N-methyl/N-ethyl adjacent to an activating group) is 1. The summed E-state index contributed by atoms with van der Waals surface area (Å²) in [6.45, 7) is 2.12. The number of thiophene rings is 1. The zero-order valence-electron chi connectivity index (χ0n) is 9.57. The number of nitrogens with two attached hydrogens (primary N) is 1. The molecule has 0 saturated heterocycles. The van der Waals surface area contributed by atoms with Gasteiger partial charge in [-0.15, -0.1) is 11.3 Å². The predicted octanol–water partition coefficient (Wildman–Crippen LogP) is 1.53. The molecular weight excluding hydrogens is 306 g/mol. The van der Waals surface area contributed by atoms with Gasteiger partial charge in [0, 0.05) is 11.9 Å². The molecule has 1 rings (SSSR count). The van der Waals surface area contributed by atoms with Gasteiger partial charge in [-0.05, 0) is 35.0 Å². The fraction of sp³-hybridized carbons (Fsp3) is 0.400. The zero-order valence-corrected chi connectivity index (χ0v) is 12.0. The molecule has 94 valence electrons. The summed E-state index contributed by atoms with van der Waals surface area (Å²) in [6.07, 6.45) is 0. The van der Waals surface area contributed by atoms with Gasteiger partial charge in [-0.2, -0.15) is 0 Å². The Morgan fingerprint density at radius 3 is 2.71 bits per heavy atom. The van der Waals surface area contributed by atoms with E-state index in [9.17, 15) is 9.59 Å². The Balaban J connectivity index is 2.55. The minimum atomic E-state index is -0.696. The molecule has 0 aliphatic carbocycles. The number of urea groups is 1. The summed E-state index contributed by atoms with van der Waals surface area (Å²) in [6, 6.07) is 2.58. The van der Waals surface area contributed by atoms with Crippen LogP contribution in [0.1, 0.15) is 11.8 Å². The number of carbonyl (C=O) groups is 2. The Labute approximate surface area is 112 Å². The van der Waals surface area contributed by atoms with E-state index >= 15 is 0 Å². The van der Waals surface area contributed by atoms with Gasteiger partial charge < -0.3 is 16.0 Å². The number of nitrogens with zero attached hydrogens (tertiary/aromatic N) is 1. The second kappa shape index (κ2) is 6.02. The number of halogens is 1. The van der Waals surface area contributed by atoms with E-state index in [-0.39, 0.29) is 5.91 Å². The van der Waals surface area contributed by atoms with Gasteiger partial charge in [0.2, 0.25) is 5.91 Å². The van der Waals surface area contributed by atoms with Crippen LogP contribution in [-0.4, -0.2) is 29.9 Å². The van der Waals surface area contributed by atoms with Crippen molar-refractivity contribution in [1.29, 1.82) is 0 Å². The molecular formula is C10H14BrN3O2S. The molecule has 7 heteroatoms. The highest BCUT2D eigenvalue weighted by Crippen LogP contribution is 2.23. The average Bonchev–Trinajstić information content (AvgIpc) is 2.61. The molecule has 1 heterocycles. The third-order valence-corrected chi connectivity index (χ3v) is 3.74. The second-order valence-corrected chi connectivity index (χ2v) is 6.18. The second-order valence-electron chi connectivity index (χ2n) is 3.63. The minimum Gasteiger partial charge on any atom is -0.352 e. The molecule has 0 fully saturated rings. The lowest BCUT2D eigenvalue weighted by Gasteiger charge is -2.20. The van der Waals surface area contributed by atoms with Crippen molar-refractivity contribution in [2.24, 2.45) is 5.73 Å². The Bertz CT molecular complexity index is 421. The summed E-state index contributed by atoms with van der Waals surface area (Å²) in [7, 11) is 1.69. The quantitative estimate of drug-likeness (QED) is 0.883. The molecule has 1 aromatic heterocycles. The van der Waals surface area contributed by atoms with Crippen molar-refractivity contribution in [1.82, 2.24) is 10.2 Å². The third-order valence-electron chi connectivity index (χ3n) is 2.13. The molecule has 0 saturated carbocycles. The predicted molar refractivity (Wildman–Crippen MR) is 70.7 cm³/mol. The van der Waals surface area contributed by atoms with Crippen LogP contribution in [0.15, 0.2) is 15.9 Å². The first kappa shape index (κ1) is 14.0. The van der Waals surface area contributed by atoms with E-state index in [2.05, 4.69) is 21.2 Å². The van der Waals surface area contributed by atoms with Crippen molar-refractivity contribution >= 4 is 39.2 Å². The van der Waals surface area contributed by atoms with Gasteiger partial charge in [-0.25, -0.2) is 4.79 Å². The number of hydrogen-bond donors (Lipinski definition) is 2. The topological polar surface area (TPSA) is 75.4 Å². The van der Waals surface area contributed by atoms with Crippen LogP contribution in [0.2, 0.25) is 0 Å². The van der Waals surface area contributed by atoms with Crippen LogP contribution < -0.4 is 11.1 Å². The van der Waals surface area contributed by atoms with Gasteiger partial charge in [-0.1, -0.05) is 0 Å². The third kappa shape index (κ3) is 4.35. The normalized spacial score (nSPS) is 11.9. The van der Waals surface area contributed by atoms with Crippen LogP contribution in [0.25, 0.3) is 0 Å². The van der Waals surface area contributed by atoms with Gasteiger partial charge in [0.15, 0.2) is 0 Å². The highest BCUT2D eigenvalue weighted by molar-refractivity contribution is 9.11. The fourth-order valence-corrected chi connectivity index (χ4v) is 2.89. The van der Waals surface area contributed by atoms with E-state index in [1.807, 2.05) is 12.1 Å². The van der Waals surface area contributed by atoms with Crippen molar-refractivity contribution in [2.45, 2.75) is 19.5 Å². The largest absolute Gasteiger partial charge is 0.352 e. The number of rotatable bonds is 4. The van der Waals surface area contributed by atoms with Crippen molar-refractivity contribution in [3.05, 3.63) is 20.8 Å². The fourth-order valence-electron chi connectivity index (χ4n) is 1.35. The van der Waals surface area contributed by atoms with E-state index in [4.69, 9.17) is 5.73 Å². The number of amides is 3. The molecule has 0 aromatic carbocycles. The van der Waals surface area contributed by atoms with Crippen LogP contribution in [0.3, 0.4) is 0 Å². The number of nitrogens with one attached hydrogen (secondary N) is 1. The molecule has 0 spiro atoms. The Hall–Kier alpha value is -1.08. The average molecular weight is 320 g/mol. The van der Waals surface area contributed by atoms with Crippen molar-refractivity contribution in [3.8, 4) is 0 Å². The summed E-state index contributed by atoms with van der Waals surface area (Å²) in [5.74, 6) is -0.173. The molecule has 17 heavy (non-hydrogen) atoms. The van der Waals surface area contributed by atoms with Gasteiger partial charge in [-0.3, -0.25) is 4.79 Å². The molecule has 1 unspecified atom stereocenters. The van der Waals surface area contributed by atoms with E-state index in [1.54, 1.807) is 30.2 Å². The van der Waals surface area contributed by atoms with Crippen LogP contribution in [-0.2, 0) is 11.3 Å². The van der Waals surface area contributed by atoms with Crippen LogP contribution in [0.4, 0.5) is 4.79 Å². The Morgan fingerprint density at radius 1 is 1.59 bits per heavy atom. The van der Waals surface area contributed by atoms with E-state index < -0.39 is 12.1 Å². The number of hydrogen-bond acceptors (Lipinski definition) is 3. The first-order chi connectivity index (χ1) is 7.90. The van der Waals surface area contributed by atoms with Gasteiger partial charge in [0.05, 0.1) is 10.3 Å². The van der Waals surface area contributed by atoms with Crippen molar-refractivity contribution < 1.29 is 9.59 Å². The maximum absolute atomic E-state index is 11.8. The van der Waals surface area contributed by atoms with E-state index in [0.29, 0.717) is 6.54 Å². The Kier molecular flexibility index (Phi) is 4.95. The Morgan fingerprint density at radius 2 is 2.24 bits per heavy atom. The smallest absolute Gasteiger partial charge is 0.312 e. The molecule has 0 radical (unpaired) electrons. The van der Waals surface area contributed by atoms with Crippen molar-refractivity contribution in [2.75, 3.05) is 7.05 Å². The summed E-state index contributed by atoms with van der Waals surface area (Å²) >= 11 is 4.93. The monoisotopic (exact) mass is 319 g/mol. The van der Waals surface area contributed by atoms with Crippen LogP contribution >= 0.6 is 27.3 Å². The number of carbonyl (C=O) groups excluding carboxylic acids is 2. The lowest BCUT2D eigenvalue weighted by molar-refractivity contribution is -0.131. The SMILES string of the molecule is CC(NC(N)=O)C(=O)N(C)Cc1ccc(Br)s1. The first-order valence-corrected chi connectivity index (χ1v) is 6.56. The van der Waals surface area contributed by atoms with Crippen molar-refractivity contribution in [3.63, 3.8) is 0 Å². The summed E-state index contributed by atoms with van der Waals surface area (Å²) < 4.78 is 1.02. The van der Waals surface area contributed by atoms with Crippen LogP contribution in [0, 0.1) is 0 Å². The van der Waals surface area contributed by atoms with Gasteiger partial charge >= 0.3 is 6.03 Å². The lowest BCUT2D eigenvalue weighted by atomic mass is 10.3. The minimum absolute atomic E-state index is 0.173. The summed E-state index contributed by atoms with van der Waals surface area (Å²) in [5, 5.41) is 2.36. The molecule has 0 bridgehead atoms. The highest BCUT2D eigenvalue weighted by Gasteiger charge is 2.18. The van der Waals surface area contributed by atoms with Crippen LogP contribution in [0.5, 0.6) is 0 Å². The molecule has 0 aliphatic rings. The first-order valence-electron chi connectivity index (χ1n) is 4.95. The maximum Gasteiger partial charge on any atom is 0.312 e. The lowest BCUT2D eigenvalue weighted by Crippen LogP contribution is -2.47. The van der Waals surface area contributed by atoms with E-state index in [0.717, 1.165) is 8.66 Å². The van der Waals surface area contributed by atoms with Gasteiger partial charge in [0.25, 0.3) is 0 Å². The van der Waals surface area contributed by atoms with Gasteiger partial charge in [0.1, 0.15) is 6.04 Å². The van der Waals surface area contributed by atoms with E-state index in [1.165, 1.54) is 0 Å².